The van der Waals surface area contributed by atoms with Crippen LogP contribution in [0.25, 0.3) is 32.9 Å². The minimum absolute atomic E-state index is 0.0640. The molecule has 3 aliphatic rings. The van der Waals surface area contributed by atoms with Crippen LogP contribution in [0.5, 0.6) is 11.8 Å². The van der Waals surface area contributed by atoms with E-state index in [-0.39, 0.29) is 76.4 Å². The highest BCUT2D eigenvalue weighted by molar-refractivity contribution is 6.05. The number of halogens is 3. The Kier molecular flexibility index (Phi) is 7.02. The van der Waals surface area contributed by atoms with E-state index < -0.39 is 23.3 Å². The third-order valence-corrected chi connectivity index (χ3v) is 8.78. The largest absolute Gasteiger partial charge is 0.508 e. The molecule has 2 atom stereocenters. The van der Waals surface area contributed by atoms with Crippen LogP contribution in [0.15, 0.2) is 30.5 Å². The number of fused-ring (bicyclic) bond motifs is 3. The second kappa shape index (κ2) is 10.9. The van der Waals surface area contributed by atoms with Gasteiger partial charge in [0.2, 0.25) is 0 Å². The molecule has 9 nitrogen and oxygen atoms in total. The molecule has 1 N–H and O–H groups in total. The van der Waals surface area contributed by atoms with Crippen molar-refractivity contribution < 1.29 is 32.5 Å². The van der Waals surface area contributed by atoms with Crippen molar-refractivity contribution in [2.75, 3.05) is 44.4 Å². The van der Waals surface area contributed by atoms with Gasteiger partial charge in [0.15, 0.2) is 11.6 Å². The van der Waals surface area contributed by atoms with E-state index in [4.69, 9.17) is 15.9 Å². The first-order valence-electron chi connectivity index (χ1n) is 14.5. The summed E-state index contributed by atoms with van der Waals surface area (Å²) in [5.74, 6) is 0.265. The van der Waals surface area contributed by atoms with Crippen LogP contribution in [-0.2, 0) is 9.53 Å². The van der Waals surface area contributed by atoms with Gasteiger partial charge in [-0.15, -0.1) is 6.42 Å². The van der Waals surface area contributed by atoms with Gasteiger partial charge in [0, 0.05) is 43.3 Å². The van der Waals surface area contributed by atoms with Crippen LogP contribution in [0.1, 0.15) is 31.2 Å². The lowest BCUT2D eigenvalue weighted by atomic mass is 9.95. The highest BCUT2D eigenvalue weighted by Gasteiger charge is 2.49. The van der Waals surface area contributed by atoms with Crippen LogP contribution in [-0.4, -0.2) is 82.0 Å². The van der Waals surface area contributed by atoms with E-state index in [1.165, 1.54) is 35.4 Å². The van der Waals surface area contributed by atoms with Crippen molar-refractivity contribution in [2.24, 2.45) is 0 Å². The Morgan fingerprint density at radius 3 is 2.91 bits per heavy atom. The number of amides is 1. The number of phenols is 1. The van der Waals surface area contributed by atoms with E-state index in [0.29, 0.717) is 31.4 Å². The van der Waals surface area contributed by atoms with Crippen molar-refractivity contribution in [2.45, 2.75) is 37.4 Å². The summed E-state index contributed by atoms with van der Waals surface area (Å²) < 4.78 is 57.3. The first-order chi connectivity index (χ1) is 21.3. The predicted octanol–water partition coefficient (Wildman–Crippen LogP) is 4.52. The first-order valence-corrected chi connectivity index (χ1v) is 14.5. The lowest BCUT2D eigenvalue weighted by Gasteiger charge is -2.31. The summed E-state index contributed by atoms with van der Waals surface area (Å²) in [6.45, 7) is 1.64. The SMILES string of the molecule is C#Cc1c(F)ccc2cc(O)cc(-c3ncc4c(N5CCCOCC5=O)nc(OCC56CCCN5CC(F)C6)nc4c3F)c12. The minimum Gasteiger partial charge on any atom is -0.508 e. The quantitative estimate of drug-likeness (QED) is 0.333. The molecule has 2 aromatic carbocycles. The normalized spacial score (nSPS) is 22.4. The van der Waals surface area contributed by atoms with Crippen molar-refractivity contribution >= 4 is 33.4 Å². The Balaban J connectivity index is 1.40. The molecular formula is C32H28F3N5O4. The number of aromatic hydroxyl groups is 1. The molecule has 3 saturated heterocycles. The number of ether oxygens (including phenoxy) is 2. The predicted molar refractivity (Wildman–Crippen MR) is 156 cm³/mol. The summed E-state index contributed by atoms with van der Waals surface area (Å²) in [4.78, 5) is 29.8. The molecule has 1 amide bonds. The maximum atomic E-state index is 16.6. The molecule has 44 heavy (non-hydrogen) atoms. The third kappa shape index (κ3) is 4.67. The summed E-state index contributed by atoms with van der Waals surface area (Å²) in [6, 6.07) is 5.09. The topological polar surface area (TPSA) is 101 Å². The molecule has 5 heterocycles. The van der Waals surface area contributed by atoms with Gasteiger partial charge in [0.1, 0.15) is 42.2 Å². The fraction of sp³-hybridized carbons (Fsp3) is 0.375. The van der Waals surface area contributed by atoms with Crippen LogP contribution < -0.4 is 9.64 Å². The number of rotatable bonds is 5. The highest BCUT2D eigenvalue weighted by atomic mass is 19.1. The van der Waals surface area contributed by atoms with Gasteiger partial charge in [-0.25, -0.2) is 13.2 Å². The molecule has 2 aromatic heterocycles. The van der Waals surface area contributed by atoms with Gasteiger partial charge < -0.3 is 14.6 Å². The number of nitrogens with zero attached hydrogens (tertiary/aromatic N) is 5. The molecule has 3 aliphatic heterocycles. The second-order valence-electron chi connectivity index (χ2n) is 11.5. The first kappa shape index (κ1) is 28.3. The monoisotopic (exact) mass is 603 g/mol. The molecular weight excluding hydrogens is 575 g/mol. The molecule has 0 spiro atoms. The number of alkyl halides is 1. The Morgan fingerprint density at radius 1 is 1.20 bits per heavy atom. The van der Waals surface area contributed by atoms with E-state index in [2.05, 4.69) is 25.8 Å². The number of hydrogen-bond donors (Lipinski definition) is 1. The fourth-order valence-corrected chi connectivity index (χ4v) is 6.79. The summed E-state index contributed by atoms with van der Waals surface area (Å²) in [7, 11) is 0. The molecule has 0 aliphatic carbocycles. The average Bonchev–Trinajstić information content (AvgIpc) is 3.44. The van der Waals surface area contributed by atoms with E-state index in [0.717, 1.165) is 19.4 Å². The Bertz CT molecular complexity index is 1860. The Labute approximate surface area is 250 Å². The van der Waals surface area contributed by atoms with Gasteiger partial charge in [0.05, 0.1) is 16.5 Å². The van der Waals surface area contributed by atoms with Crippen LogP contribution >= 0.6 is 0 Å². The van der Waals surface area contributed by atoms with Crippen molar-refractivity contribution in [1.29, 1.82) is 0 Å². The molecule has 226 valence electrons. The molecule has 2 unspecified atom stereocenters. The molecule has 0 bridgehead atoms. The Hall–Kier alpha value is -4.47. The van der Waals surface area contributed by atoms with Crippen molar-refractivity contribution in [3.8, 4) is 35.4 Å². The number of hydrogen-bond acceptors (Lipinski definition) is 8. The molecule has 0 saturated carbocycles. The van der Waals surface area contributed by atoms with Gasteiger partial charge in [-0.3, -0.25) is 19.6 Å². The summed E-state index contributed by atoms with van der Waals surface area (Å²) in [5.41, 5.74) is -0.988. The lowest BCUT2D eigenvalue weighted by molar-refractivity contribution is -0.122. The van der Waals surface area contributed by atoms with E-state index in [9.17, 15) is 18.7 Å². The number of terminal acetylenes is 1. The zero-order chi connectivity index (χ0) is 30.6. The van der Waals surface area contributed by atoms with Crippen LogP contribution in [0.3, 0.4) is 0 Å². The van der Waals surface area contributed by atoms with Crippen LogP contribution in [0.4, 0.5) is 19.0 Å². The number of benzene rings is 2. The number of anilines is 1. The second-order valence-corrected chi connectivity index (χ2v) is 11.5. The third-order valence-electron chi connectivity index (χ3n) is 8.78. The highest BCUT2D eigenvalue weighted by Crippen LogP contribution is 2.41. The zero-order valence-corrected chi connectivity index (χ0v) is 23.7. The van der Waals surface area contributed by atoms with Crippen LogP contribution in [0.2, 0.25) is 0 Å². The van der Waals surface area contributed by atoms with E-state index in [1.54, 1.807) is 0 Å². The maximum absolute atomic E-state index is 16.6. The van der Waals surface area contributed by atoms with Crippen LogP contribution in [0, 0.1) is 24.0 Å². The van der Waals surface area contributed by atoms with Gasteiger partial charge in [0.25, 0.3) is 5.91 Å². The Morgan fingerprint density at radius 2 is 2.07 bits per heavy atom. The van der Waals surface area contributed by atoms with Gasteiger partial charge >= 0.3 is 6.01 Å². The number of phenolic OH excluding ortho intramolecular Hbond substituents is 1. The van der Waals surface area contributed by atoms with E-state index >= 15 is 4.39 Å². The molecule has 12 heteroatoms. The number of carbonyl (C=O) groups excluding carboxylic acids is 1. The standard InChI is InChI=1S/C32H28F3N5O4/c1-2-21-24(34)6-5-18-11-20(41)12-22(26(18)21)28-27(35)29-23(14-36-28)30(40-9-4-10-43-16-25(40)42)38-31(37-29)44-17-32-7-3-8-39(32)15-19(33)13-32/h1,5-6,11-12,14,19,41H,3-4,7-10,13,15-17H2. The fourth-order valence-electron chi connectivity index (χ4n) is 6.79. The van der Waals surface area contributed by atoms with Gasteiger partial charge in [-0.2, -0.15) is 9.97 Å². The molecule has 0 radical (unpaired) electrons. The average molecular weight is 604 g/mol. The van der Waals surface area contributed by atoms with Gasteiger partial charge in [-0.05, 0) is 49.4 Å². The smallest absolute Gasteiger partial charge is 0.319 e. The number of carbonyl (C=O) groups is 1. The van der Waals surface area contributed by atoms with E-state index in [1.807, 2.05) is 0 Å². The summed E-state index contributed by atoms with van der Waals surface area (Å²) in [5, 5.41) is 11.2. The number of aromatic nitrogens is 3. The summed E-state index contributed by atoms with van der Waals surface area (Å²) >= 11 is 0. The summed E-state index contributed by atoms with van der Waals surface area (Å²) in [6.07, 6.45) is 8.48. The molecule has 3 fully saturated rings. The van der Waals surface area contributed by atoms with Crippen molar-refractivity contribution in [3.63, 3.8) is 0 Å². The van der Waals surface area contributed by atoms with Crippen molar-refractivity contribution in [1.82, 2.24) is 19.9 Å². The molecule has 4 aromatic rings. The van der Waals surface area contributed by atoms with Crippen molar-refractivity contribution in [3.05, 3.63) is 47.7 Å². The minimum atomic E-state index is -0.970. The maximum Gasteiger partial charge on any atom is 0.319 e. The lowest BCUT2D eigenvalue weighted by Crippen LogP contribution is -2.43. The number of pyridine rings is 1. The zero-order valence-electron chi connectivity index (χ0n) is 23.7. The molecule has 7 rings (SSSR count). The van der Waals surface area contributed by atoms with Gasteiger partial charge in [-0.1, -0.05) is 12.0 Å².